The minimum Gasteiger partial charge on any atom is -0.352 e. The third-order valence-electron chi connectivity index (χ3n) is 4.25. The van der Waals surface area contributed by atoms with E-state index in [4.69, 9.17) is 0 Å². The van der Waals surface area contributed by atoms with Crippen molar-refractivity contribution >= 4 is 17.7 Å². The molecule has 1 fully saturated rings. The first-order chi connectivity index (χ1) is 12.3. The fourth-order valence-electron chi connectivity index (χ4n) is 2.89. The fourth-order valence-corrected chi connectivity index (χ4v) is 3.86. The molecular weight excluding hydrogens is 330 g/mol. The Kier molecular flexibility index (Phi) is 6.91. The van der Waals surface area contributed by atoms with Gasteiger partial charge in [-0.05, 0) is 37.2 Å². The average Bonchev–Trinajstić information content (AvgIpc) is 2.67. The summed E-state index contributed by atoms with van der Waals surface area (Å²) in [5, 5.41) is 6.43. The molecule has 1 saturated heterocycles. The van der Waals surface area contributed by atoms with Gasteiger partial charge in [0.15, 0.2) is 0 Å². The van der Waals surface area contributed by atoms with Crippen LogP contribution in [0.25, 0.3) is 0 Å². The number of benzene rings is 2. The van der Waals surface area contributed by atoms with E-state index in [2.05, 4.69) is 27.7 Å². The number of nitrogens with zero attached hydrogens (tertiary/aromatic N) is 1. The second-order valence-corrected chi connectivity index (χ2v) is 7.23. The summed E-state index contributed by atoms with van der Waals surface area (Å²) in [5.41, 5.74) is 0.749. The van der Waals surface area contributed by atoms with E-state index in [-0.39, 0.29) is 5.91 Å². The molecule has 1 amide bonds. The summed E-state index contributed by atoms with van der Waals surface area (Å²) in [6.45, 7) is 6.09. The summed E-state index contributed by atoms with van der Waals surface area (Å²) in [4.78, 5) is 17.1. The smallest absolute Gasteiger partial charge is 0.252 e. The quantitative estimate of drug-likeness (QED) is 0.750. The van der Waals surface area contributed by atoms with Crippen LogP contribution < -0.4 is 10.6 Å². The molecule has 3 rings (SSSR count). The van der Waals surface area contributed by atoms with E-state index in [0.717, 1.165) is 54.5 Å². The Balaban J connectivity index is 1.51. The van der Waals surface area contributed by atoms with Crippen molar-refractivity contribution in [1.29, 1.82) is 0 Å². The first kappa shape index (κ1) is 18.0. The minimum absolute atomic E-state index is 0.0133. The Hall–Kier alpha value is -1.82. The van der Waals surface area contributed by atoms with Crippen LogP contribution in [0.1, 0.15) is 16.8 Å². The summed E-state index contributed by atoms with van der Waals surface area (Å²) < 4.78 is 0. The van der Waals surface area contributed by atoms with Crippen molar-refractivity contribution in [3.05, 3.63) is 60.2 Å². The molecule has 0 saturated carbocycles. The second-order valence-electron chi connectivity index (χ2n) is 6.11. The summed E-state index contributed by atoms with van der Waals surface area (Å²) in [7, 11) is 0. The van der Waals surface area contributed by atoms with Crippen LogP contribution in [0, 0.1) is 0 Å². The van der Waals surface area contributed by atoms with Crippen LogP contribution in [0.5, 0.6) is 0 Å². The zero-order valence-electron chi connectivity index (χ0n) is 14.4. The Morgan fingerprint density at radius 1 is 1.04 bits per heavy atom. The highest BCUT2D eigenvalue weighted by molar-refractivity contribution is 7.99. The van der Waals surface area contributed by atoms with Gasteiger partial charge in [-0.3, -0.25) is 4.79 Å². The lowest BCUT2D eigenvalue weighted by Gasteiger charge is -2.27. The molecule has 2 aromatic carbocycles. The predicted octanol–water partition coefficient (Wildman–Crippen LogP) is 2.86. The van der Waals surface area contributed by atoms with Gasteiger partial charge in [0.25, 0.3) is 5.91 Å². The van der Waals surface area contributed by atoms with Crippen LogP contribution in [-0.4, -0.2) is 50.1 Å². The first-order valence-corrected chi connectivity index (χ1v) is 9.68. The van der Waals surface area contributed by atoms with Crippen molar-refractivity contribution < 1.29 is 4.79 Å². The van der Waals surface area contributed by atoms with Crippen molar-refractivity contribution in [2.45, 2.75) is 16.2 Å². The molecule has 2 aromatic rings. The van der Waals surface area contributed by atoms with Crippen LogP contribution in [0.3, 0.4) is 0 Å². The number of nitrogens with one attached hydrogen (secondary N) is 2. The molecule has 0 atom stereocenters. The minimum atomic E-state index is 0.0133. The van der Waals surface area contributed by atoms with Crippen LogP contribution in [0.15, 0.2) is 64.4 Å². The van der Waals surface area contributed by atoms with E-state index >= 15 is 0 Å². The largest absolute Gasteiger partial charge is 0.352 e. The maximum Gasteiger partial charge on any atom is 0.252 e. The van der Waals surface area contributed by atoms with E-state index in [0.29, 0.717) is 6.54 Å². The summed E-state index contributed by atoms with van der Waals surface area (Å²) in [6.07, 6.45) is 0.986. The Morgan fingerprint density at radius 3 is 2.56 bits per heavy atom. The summed E-state index contributed by atoms with van der Waals surface area (Å²) in [5.74, 6) is 0.0133. The normalized spacial score (nSPS) is 15.0. The highest BCUT2D eigenvalue weighted by atomic mass is 32.2. The molecule has 0 radical (unpaired) electrons. The Morgan fingerprint density at radius 2 is 1.76 bits per heavy atom. The number of hydrogen-bond donors (Lipinski definition) is 2. The highest BCUT2D eigenvalue weighted by Crippen LogP contribution is 2.30. The van der Waals surface area contributed by atoms with E-state index in [1.807, 2.05) is 42.5 Å². The predicted molar refractivity (Wildman–Crippen MR) is 103 cm³/mol. The molecule has 4 nitrogen and oxygen atoms in total. The Labute approximate surface area is 154 Å². The lowest BCUT2D eigenvalue weighted by atomic mass is 10.2. The molecule has 0 spiro atoms. The van der Waals surface area contributed by atoms with Crippen molar-refractivity contribution in [3.8, 4) is 0 Å². The number of piperazine rings is 1. The van der Waals surface area contributed by atoms with Gasteiger partial charge >= 0.3 is 0 Å². The summed E-state index contributed by atoms with van der Waals surface area (Å²) >= 11 is 1.63. The second kappa shape index (κ2) is 9.61. The molecule has 1 aliphatic heterocycles. The van der Waals surface area contributed by atoms with E-state index < -0.39 is 0 Å². The Bertz CT molecular complexity index is 672. The lowest BCUT2D eigenvalue weighted by Crippen LogP contribution is -2.44. The van der Waals surface area contributed by atoms with Crippen LogP contribution >= 0.6 is 11.8 Å². The monoisotopic (exact) mass is 355 g/mol. The number of rotatable bonds is 7. The highest BCUT2D eigenvalue weighted by Gasteiger charge is 2.12. The van der Waals surface area contributed by atoms with Gasteiger partial charge in [-0.1, -0.05) is 42.1 Å². The van der Waals surface area contributed by atoms with E-state index in [9.17, 15) is 4.79 Å². The molecule has 0 bridgehead atoms. The van der Waals surface area contributed by atoms with Crippen molar-refractivity contribution in [1.82, 2.24) is 15.5 Å². The molecule has 0 aliphatic carbocycles. The molecule has 25 heavy (non-hydrogen) atoms. The molecule has 132 valence electrons. The van der Waals surface area contributed by atoms with Crippen LogP contribution in [0.4, 0.5) is 0 Å². The van der Waals surface area contributed by atoms with Gasteiger partial charge in [-0.25, -0.2) is 0 Å². The zero-order valence-corrected chi connectivity index (χ0v) is 15.2. The van der Waals surface area contributed by atoms with Crippen LogP contribution in [0.2, 0.25) is 0 Å². The fraction of sp³-hybridized carbons (Fsp3) is 0.350. The molecular formula is C20H25N3OS. The molecule has 5 heteroatoms. The summed E-state index contributed by atoms with van der Waals surface area (Å²) in [6, 6.07) is 18.0. The van der Waals surface area contributed by atoms with E-state index in [1.165, 1.54) is 0 Å². The topological polar surface area (TPSA) is 44.4 Å². The molecule has 1 aliphatic rings. The van der Waals surface area contributed by atoms with Gasteiger partial charge in [-0.15, -0.1) is 0 Å². The third kappa shape index (κ3) is 5.59. The van der Waals surface area contributed by atoms with Gasteiger partial charge in [0.1, 0.15) is 0 Å². The van der Waals surface area contributed by atoms with Crippen molar-refractivity contribution in [3.63, 3.8) is 0 Å². The number of hydrogen-bond acceptors (Lipinski definition) is 4. The molecule has 1 heterocycles. The number of carbonyl (C=O) groups excluding carboxylic acids is 1. The SMILES string of the molecule is O=C(NCCCN1CCNCC1)c1ccccc1Sc1ccccc1. The van der Waals surface area contributed by atoms with Crippen molar-refractivity contribution in [2.75, 3.05) is 39.3 Å². The van der Waals surface area contributed by atoms with E-state index in [1.54, 1.807) is 11.8 Å². The number of amides is 1. The molecule has 0 aromatic heterocycles. The van der Waals surface area contributed by atoms with Gasteiger partial charge in [0.2, 0.25) is 0 Å². The average molecular weight is 356 g/mol. The molecule has 0 unspecified atom stereocenters. The van der Waals surface area contributed by atoms with Crippen LogP contribution in [-0.2, 0) is 0 Å². The number of carbonyl (C=O) groups is 1. The van der Waals surface area contributed by atoms with Crippen molar-refractivity contribution in [2.24, 2.45) is 0 Å². The van der Waals surface area contributed by atoms with Gasteiger partial charge in [-0.2, -0.15) is 0 Å². The maximum atomic E-state index is 12.6. The first-order valence-electron chi connectivity index (χ1n) is 8.86. The zero-order chi connectivity index (χ0) is 17.3. The van der Waals surface area contributed by atoms with Gasteiger partial charge in [0, 0.05) is 42.5 Å². The maximum absolute atomic E-state index is 12.6. The van der Waals surface area contributed by atoms with Gasteiger partial charge < -0.3 is 15.5 Å². The third-order valence-corrected chi connectivity index (χ3v) is 5.33. The standard InChI is InChI=1S/C20H25N3OS/c24-20(22-11-6-14-23-15-12-21-13-16-23)18-9-4-5-10-19(18)25-17-7-2-1-3-8-17/h1-5,7-10,21H,6,11-16H2,(H,22,24). The van der Waals surface area contributed by atoms with Gasteiger partial charge in [0.05, 0.1) is 5.56 Å². The molecule has 2 N–H and O–H groups in total. The lowest BCUT2D eigenvalue weighted by molar-refractivity contribution is 0.0948.